The van der Waals surface area contributed by atoms with Crippen molar-refractivity contribution in [2.45, 2.75) is 25.7 Å². The Morgan fingerprint density at radius 1 is 0.500 bits per heavy atom. The molecule has 0 aromatic rings. The lowest BCUT2D eigenvalue weighted by molar-refractivity contribution is 0.704. The van der Waals surface area contributed by atoms with Gasteiger partial charge in [0.1, 0.15) is 0 Å². The fourth-order valence-electron chi connectivity index (χ4n) is 0.827. The fourth-order valence-corrected chi connectivity index (χ4v) is 0.827. The van der Waals surface area contributed by atoms with Gasteiger partial charge in [0.05, 0.1) is 24.3 Å². The van der Waals surface area contributed by atoms with Gasteiger partial charge < -0.3 is 10.6 Å². The van der Waals surface area contributed by atoms with E-state index in [2.05, 4.69) is 10.6 Å². The highest BCUT2D eigenvalue weighted by Crippen LogP contribution is 1.73. The lowest BCUT2D eigenvalue weighted by Gasteiger charge is -1.93. The van der Waals surface area contributed by atoms with Crippen molar-refractivity contribution < 1.29 is 0 Å². The molecule has 6 heteroatoms. The second kappa shape index (κ2) is 20.3. The Morgan fingerprint density at radius 2 is 0.722 bits per heavy atom. The van der Waals surface area contributed by atoms with Gasteiger partial charge >= 0.3 is 0 Å². The number of hydrogen-bond acceptors (Lipinski definition) is 6. The van der Waals surface area contributed by atoms with Crippen molar-refractivity contribution in [3.05, 3.63) is 0 Å². The van der Waals surface area contributed by atoms with Crippen LogP contribution in [0, 0.1) is 45.3 Å². The van der Waals surface area contributed by atoms with E-state index in [1.165, 1.54) is 0 Å². The van der Waals surface area contributed by atoms with Crippen LogP contribution in [0.15, 0.2) is 0 Å². The van der Waals surface area contributed by atoms with Gasteiger partial charge in [-0.25, -0.2) is 0 Å². The molecule has 0 amide bonds. The third kappa shape index (κ3) is 23.6. The largest absolute Gasteiger partial charge is 0.315 e. The zero-order valence-electron chi connectivity index (χ0n) is 10.4. The monoisotopic (exact) mass is 246 g/mol. The van der Waals surface area contributed by atoms with Crippen LogP contribution in [0.25, 0.3) is 0 Å². The van der Waals surface area contributed by atoms with Crippen LogP contribution in [0.1, 0.15) is 25.7 Å². The van der Waals surface area contributed by atoms with E-state index in [1.807, 2.05) is 24.3 Å². The predicted octanol–water partition coefficient (Wildman–Crippen LogP) is 0.807. The molecule has 0 fully saturated rings. The lowest BCUT2D eigenvalue weighted by atomic mass is 10.4. The van der Waals surface area contributed by atoms with Gasteiger partial charge in [0.15, 0.2) is 0 Å². The van der Waals surface area contributed by atoms with Gasteiger partial charge in [-0.1, -0.05) is 0 Å². The minimum Gasteiger partial charge on any atom is -0.315 e. The Morgan fingerprint density at radius 3 is 0.889 bits per heavy atom. The van der Waals surface area contributed by atoms with E-state index >= 15 is 0 Å². The van der Waals surface area contributed by atoms with Crippen LogP contribution in [-0.4, -0.2) is 26.2 Å². The Kier molecular flexibility index (Phi) is 20.6. The van der Waals surface area contributed by atoms with Crippen LogP contribution in [0.5, 0.6) is 0 Å². The Labute approximate surface area is 108 Å². The molecule has 96 valence electrons. The van der Waals surface area contributed by atoms with E-state index in [-0.39, 0.29) is 0 Å². The summed E-state index contributed by atoms with van der Waals surface area (Å²) < 4.78 is 0. The summed E-state index contributed by atoms with van der Waals surface area (Å²) in [5.74, 6) is 0. The van der Waals surface area contributed by atoms with Gasteiger partial charge in [-0.05, 0) is 0 Å². The van der Waals surface area contributed by atoms with E-state index in [4.69, 9.17) is 21.0 Å². The third-order valence-electron chi connectivity index (χ3n) is 1.65. The molecule has 0 bridgehead atoms. The van der Waals surface area contributed by atoms with Crippen LogP contribution in [-0.2, 0) is 0 Å². The van der Waals surface area contributed by atoms with Crippen molar-refractivity contribution in [3.8, 4) is 24.3 Å². The highest BCUT2D eigenvalue weighted by atomic mass is 14.8. The van der Waals surface area contributed by atoms with Gasteiger partial charge in [-0.3, -0.25) is 0 Å². The first kappa shape index (κ1) is 18.3. The number of nitriles is 4. The first-order chi connectivity index (χ1) is 8.83. The summed E-state index contributed by atoms with van der Waals surface area (Å²) in [4.78, 5) is 0. The summed E-state index contributed by atoms with van der Waals surface area (Å²) >= 11 is 0. The predicted molar refractivity (Wildman–Crippen MR) is 66.7 cm³/mol. The van der Waals surface area contributed by atoms with Crippen LogP contribution >= 0.6 is 0 Å². The van der Waals surface area contributed by atoms with Gasteiger partial charge in [0.25, 0.3) is 0 Å². The summed E-state index contributed by atoms with van der Waals surface area (Å²) in [6, 6.07) is 8.00. The minimum atomic E-state index is 0.519. The molecular weight excluding hydrogens is 228 g/mol. The standard InChI is InChI=1S/2C6H9N3/c2*7-3-1-5-9-6-2-4-8/h2*9H,1-2,5-6H2. The van der Waals surface area contributed by atoms with Crippen molar-refractivity contribution in [2.75, 3.05) is 26.2 Å². The van der Waals surface area contributed by atoms with Crippen molar-refractivity contribution in [2.24, 2.45) is 0 Å². The molecular formula is C12H18N6. The molecule has 0 aromatic heterocycles. The zero-order chi connectivity index (χ0) is 13.9. The van der Waals surface area contributed by atoms with E-state index in [0.29, 0.717) is 51.9 Å². The number of nitrogens with zero attached hydrogens (tertiary/aromatic N) is 4. The Balaban J connectivity index is 0. The molecule has 0 aromatic carbocycles. The molecule has 0 radical (unpaired) electrons. The molecule has 0 saturated carbocycles. The summed E-state index contributed by atoms with van der Waals surface area (Å²) in [6.45, 7) is 2.77. The third-order valence-corrected chi connectivity index (χ3v) is 1.65. The van der Waals surface area contributed by atoms with E-state index < -0.39 is 0 Å². The summed E-state index contributed by atoms with van der Waals surface area (Å²) in [5.41, 5.74) is 0. The normalized spacial score (nSPS) is 7.78. The topological polar surface area (TPSA) is 119 Å². The highest BCUT2D eigenvalue weighted by Gasteiger charge is 1.83. The molecule has 0 aliphatic carbocycles. The molecule has 0 rings (SSSR count). The Hall–Kier alpha value is -2.12. The van der Waals surface area contributed by atoms with Crippen molar-refractivity contribution >= 4 is 0 Å². The smallest absolute Gasteiger partial charge is 0.0635 e. The van der Waals surface area contributed by atoms with E-state index in [1.54, 1.807) is 0 Å². The molecule has 0 spiro atoms. The van der Waals surface area contributed by atoms with E-state index in [0.717, 1.165) is 0 Å². The molecule has 0 atom stereocenters. The van der Waals surface area contributed by atoms with Gasteiger partial charge in [0, 0.05) is 51.9 Å². The quantitative estimate of drug-likeness (QED) is 0.611. The number of rotatable bonds is 8. The number of hydrogen-bond donors (Lipinski definition) is 2. The fraction of sp³-hybridized carbons (Fsp3) is 0.667. The van der Waals surface area contributed by atoms with Crippen LogP contribution in [0.3, 0.4) is 0 Å². The van der Waals surface area contributed by atoms with Crippen LogP contribution in [0.4, 0.5) is 0 Å². The molecule has 2 N–H and O–H groups in total. The Bertz CT molecular complexity index is 258. The van der Waals surface area contributed by atoms with E-state index in [9.17, 15) is 0 Å². The van der Waals surface area contributed by atoms with Crippen LogP contribution in [0.2, 0.25) is 0 Å². The summed E-state index contributed by atoms with van der Waals surface area (Å²) in [6.07, 6.45) is 2.08. The van der Waals surface area contributed by atoms with Crippen molar-refractivity contribution in [3.63, 3.8) is 0 Å². The SMILES string of the molecule is N#CCCNCCC#N.N#CCCNCCC#N. The summed E-state index contributed by atoms with van der Waals surface area (Å²) in [7, 11) is 0. The molecule has 0 aliphatic rings. The molecule has 0 unspecified atom stereocenters. The minimum absolute atomic E-state index is 0.519. The maximum absolute atomic E-state index is 8.07. The lowest BCUT2D eigenvalue weighted by Crippen LogP contribution is -2.15. The van der Waals surface area contributed by atoms with Crippen molar-refractivity contribution in [1.29, 1.82) is 21.0 Å². The summed E-state index contributed by atoms with van der Waals surface area (Å²) in [5, 5.41) is 38.2. The average Bonchev–Trinajstić information content (AvgIpc) is 2.39. The molecule has 6 nitrogen and oxygen atoms in total. The maximum atomic E-state index is 8.07. The number of nitrogens with one attached hydrogen (secondary N) is 2. The maximum Gasteiger partial charge on any atom is 0.0635 e. The van der Waals surface area contributed by atoms with Gasteiger partial charge in [0.2, 0.25) is 0 Å². The average molecular weight is 246 g/mol. The second-order valence-electron chi connectivity index (χ2n) is 3.13. The second-order valence-corrected chi connectivity index (χ2v) is 3.13. The zero-order valence-corrected chi connectivity index (χ0v) is 10.4. The molecule has 0 heterocycles. The first-order valence-electron chi connectivity index (χ1n) is 5.72. The molecule has 18 heavy (non-hydrogen) atoms. The van der Waals surface area contributed by atoms with Gasteiger partial charge in [-0.15, -0.1) is 0 Å². The van der Waals surface area contributed by atoms with Gasteiger partial charge in [-0.2, -0.15) is 21.0 Å². The molecule has 0 aliphatic heterocycles. The van der Waals surface area contributed by atoms with Crippen LogP contribution < -0.4 is 10.6 Å². The van der Waals surface area contributed by atoms with Crippen molar-refractivity contribution in [1.82, 2.24) is 10.6 Å². The molecule has 0 saturated heterocycles. The first-order valence-corrected chi connectivity index (χ1v) is 5.72. The highest BCUT2D eigenvalue weighted by molar-refractivity contribution is 4.74.